The molecule has 4 heteroatoms. The Labute approximate surface area is 131 Å². The number of anilines is 2. The van der Waals surface area contributed by atoms with Crippen LogP contribution in [0.1, 0.15) is 29.8 Å². The standard InChI is InChI=1S/C18H23N3O/c1-3-21(4-2)13-14-7-5-8-15(11-14)18(22)20-17-10-6-9-16(19)12-17/h5-12H,3-4,13,19H2,1-2H3,(H,20,22). The first-order chi connectivity index (χ1) is 10.6. The minimum absolute atomic E-state index is 0.119. The minimum atomic E-state index is -0.119. The average molecular weight is 297 g/mol. The molecule has 22 heavy (non-hydrogen) atoms. The summed E-state index contributed by atoms with van der Waals surface area (Å²) in [5.41, 5.74) is 8.87. The third-order valence-corrected chi connectivity index (χ3v) is 3.63. The molecule has 0 fully saturated rings. The zero-order chi connectivity index (χ0) is 15.9. The van der Waals surface area contributed by atoms with Crippen LogP contribution in [0.25, 0.3) is 0 Å². The number of hydrogen-bond acceptors (Lipinski definition) is 3. The maximum atomic E-state index is 12.3. The molecule has 0 aliphatic carbocycles. The van der Waals surface area contributed by atoms with E-state index in [1.807, 2.05) is 30.3 Å². The van der Waals surface area contributed by atoms with Crippen LogP contribution in [0.4, 0.5) is 11.4 Å². The van der Waals surface area contributed by atoms with Gasteiger partial charge in [-0.2, -0.15) is 0 Å². The maximum absolute atomic E-state index is 12.3. The van der Waals surface area contributed by atoms with Crippen LogP contribution in [0.5, 0.6) is 0 Å². The quantitative estimate of drug-likeness (QED) is 0.804. The first kappa shape index (κ1) is 16.0. The van der Waals surface area contributed by atoms with E-state index in [1.54, 1.807) is 12.1 Å². The number of nitrogens with zero attached hydrogens (tertiary/aromatic N) is 1. The van der Waals surface area contributed by atoms with E-state index in [2.05, 4.69) is 30.1 Å². The first-order valence-electron chi connectivity index (χ1n) is 7.60. The smallest absolute Gasteiger partial charge is 0.255 e. The van der Waals surface area contributed by atoms with E-state index in [4.69, 9.17) is 5.73 Å². The molecule has 0 radical (unpaired) electrons. The van der Waals surface area contributed by atoms with Crippen LogP contribution < -0.4 is 11.1 Å². The third kappa shape index (κ3) is 4.33. The van der Waals surface area contributed by atoms with Crippen LogP contribution in [-0.4, -0.2) is 23.9 Å². The second kappa shape index (κ2) is 7.61. The predicted octanol–water partition coefficient (Wildman–Crippen LogP) is 3.36. The highest BCUT2D eigenvalue weighted by molar-refractivity contribution is 6.04. The van der Waals surface area contributed by atoms with Gasteiger partial charge in [0, 0.05) is 23.5 Å². The molecule has 3 N–H and O–H groups in total. The lowest BCUT2D eigenvalue weighted by Crippen LogP contribution is -2.22. The van der Waals surface area contributed by atoms with E-state index < -0.39 is 0 Å². The van der Waals surface area contributed by atoms with E-state index in [-0.39, 0.29) is 5.91 Å². The molecule has 0 aliphatic heterocycles. The van der Waals surface area contributed by atoms with Crippen LogP contribution >= 0.6 is 0 Å². The maximum Gasteiger partial charge on any atom is 0.255 e. The van der Waals surface area contributed by atoms with Crippen molar-refractivity contribution in [3.63, 3.8) is 0 Å². The number of amides is 1. The van der Waals surface area contributed by atoms with Gasteiger partial charge in [-0.15, -0.1) is 0 Å². The molecule has 0 unspecified atom stereocenters. The van der Waals surface area contributed by atoms with Crippen LogP contribution in [0.3, 0.4) is 0 Å². The molecule has 0 aromatic heterocycles. The van der Waals surface area contributed by atoms with Crippen molar-refractivity contribution in [2.75, 3.05) is 24.1 Å². The van der Waals surface area contributed by atoms with E-state index in [0.29, 0.717) is 16.9 Å². The Hall–Kier alpha value is -2.33. The molecule has 0 aliphatic rings. The Morgan fingerprint density at radius 3 is 2.50 bits per heavy atom. The van der Waals surface area contributed by atoms with E-state index in [1.165, 1.54) is 0 Å². The predicted molar refractivity (Wildman–Crippen MR) is 91.9 cm³/mol. The van der Waals surface area contributed by atoms with Gasteiger partial charge in [-0.1, -0.05) is 32.0 Å². The van der Waals surface area contributed by atoms with Crippen LogP contribution in [0.15, 0.2) is 48.5 Å². The molecule has 0 saturated carbocycles. The SMILES string of the molecule is CCN(CC)Cc1cccc(C(=O)Nc2cccc(N)c2)c1. The van der Waals surface area contributed by atoms with Crippen LogP contribution in [0, 0.1) is 0 Å². The van der Waals surface area contributed by atoms with Crippen molar-refractivity contribution in [3.8, 4) is 0 Å². The van der Waals surface area contributed by atoms with Gasteiger partial charge in [0.25, 0.3) is 5.91 Å². The van der Waals surface area contributed by atoms with Gasteiger partial charge in [0.2, 0.25) is 0 Å². The summed E-state index contributed by atoms with van der Waals surface area (Å²) < 4.78 is 0. The first-order valence-corrected chi connectivity index (χ1v) is 7.60. The monoisotopic (exact) mass is 297 g/mol. The Balaban J connectivity index is 2.10. The van der Waals surface area contributed by atoms with E-state index in [9.17, 15) is 4.79 Å². The van der Waals surface area contributed by atoms with Gasteiger partial charge < -0.3 is 11.1 Å². The van der Waals surface area contributed by atoms with Crippen LogP contribution in [-0.2, 0) is 6.54 Å². The molecular formula is C18H23N3O. The average Bonchev–Trinajstić information content (AvgIpc) is 2.53. The molecule has 4 nitrogen and oxygen atoms in total. The van der Waals surface area contributed by atoms with Crippen molar-refractivity contribution in [1.29, 1.82) is 0 Å². The highest BCUT2D eigenvalue weighted by atomic mass is 16.1. The van der Waals surface area contributed by atoms with E-state index >= 15 is 0 Å². The van der Waals surface area contributed by atoms with Crippen molar-refractivity contribution < 1.29 is 4.79 Å². The van der Waals surface area contributed by atoms with Gasteiger partial charge in [-0.25, -0.2) is 0 Å². The Kier molecular flexibility index (Phi) is 5.55. The second-order valence-corrected chi connectivity index (χ2v) is 5.24. The molecule has 2 rings (SSSR count). The van der Waals surface area contributed by atoms with Gasteiger partial charge >= 0.3 is 0 Å². The van der Waals surface area contributed by atoms with Crippen molar-refractivity contribution >= 4 is 17.3 Å². The van der Waals surface area contributed by atoms with Crippen molar-refractivity contribution in [2.24, 2.45) is 0 Å². The number of benzene rings is 2. The number of carbonyl (C=O) groups excluding carboxylic acids is 1. The number of nitrogens with one attached hydrogen (secondary N) is 1. The molecule has 0 atom stereocenters. The number of rotatable bonds is 6. The summed E-state index contributed by atoms with van der Waals surface area (Å²) in [5, 5.41) is 2.88. The summed E-state index contributed by atoms with van der Waals surface area (Å²) >= 11 is 0. The fourth-order valence-electron chi connectivity index (χ4n) is 2.34. The topological polar surface area (TPSA) is 58.4 Å². The zero-order valence-electron chi connectivity index (χ0n) is 13.2. The molecule has 0 heterocycles. The lowest BCUT2D eigenvalue weighted by atomic mass is 10.1. The minimum Gasteiger partial charge on any atom is -0.399 e. The highest BCUT2D eigenvalue weighted by Gasteiger charge is 2.08. The molecular weight excluding hydrogens is 274 g/mol. The number of nitrogens with two attached hydrogens (primary N) is 1. The third-order valence-electron chi connectivity index (χ3n) is 3.63. The molecule has 1 amide bonds. The lowest BCUT2D eigenvalue weighted by molar-refractivity contribution is 0.102. The van der Waals surface area contributed by atoms with Gasteiger partial charge in [-0.3, -0.25) is 9.69 Å². The van der Waals surface area contributed by atoms with Crippen molar-refractivity contribution in [3.05, 3.63) is 59.7 Å². The summed E-state index contributed by atoms with van der Waals surface area (Å²) in [7, 11) is 0. The fourth-order valence-corrected chi connectivity index (χ4v) is 2.34. The Morgan fingerprint density at radius 2 is 1.82 bits per heavy atom. The molecule has 0 spiro atoms. The largest absolute Gasteiger partial charge is 0.399 e. The normalized spacial score (nSPS) is 10.7. The second-order valence-electron chi connectivity index (χ2n) is 5.24. The number of nitrogen functional groups attached to an aromatic ring is 1. The Morgan fingerprint density at radius 1 is 1.09 bits per heavy atom. The molecule has 0 bridgehead atoms. The van der Waals surface area contributed by atoms with Crippen LogP contribution in [0.2, 0.25) is 0 Å². The zero-order valence-corrected chi connectivity index (χ0v) is 13.2. The molecule has 2 aromatic rings. The number of carbonyl (C=O) groups is 1. The summed E-state index contributed by atoms with van der Waals surface area (Å²) in [4.78, 5) is 14.7. The van der Waals surface area contributed by atoms with Crippen molar-refractivity contribution in [1.82, 2.24) is 4.90 Å². The highest BCUT2D eigenvalue weighted by Crippen LogP contribution is 2.14. The fraction of sp³-hybridized carbons (Fsp3) is 0.278. The summed E-state index contributed by atoms with van der Waals surface area (Å²) in [6, 6.07) is 14.9. The van der Waals surface area contributed by atoms with E-state index in [0.717, 1.165) is 25.2 Å². The summed E-state index contributed by atoms with van der Waals surface area (Å²) in [5.74, 6) is -0.119. The lowest BCUT2D eigenvalue weighted by Gasteiger charge is -2.18. The van der Waals surface area contributed by atoms with Gasteiger partial charge in [-0.05, 0) is 49.0 Å². The van der Waals surface area contributed by atoms with Gasteiger partial charge in [0.15, 0.2) is 0 Å². The molecule has 2 aromatic carbocycles. The molecule has 116 valence electrons. The van der Waals surface area contributed by atoms with Crippen molar-refractivity contribution in [2.45, 2.75) is 20.4 Å². The number of hydrogen-bond donors (Lipinski definition) is 2. The summed E-state index contributed by atoms with van der Waals surface area (Å²) in [6.45, 7) is 7.12. The van der Waals surface area contributed by atoms with Gasteiger partial charge in [0.05, 0.1) is 0 Å². The molecule has 0 saturated heterocycles. The van der Waals surface area contributed by atoms with Gasteiger partial charge in [0.1, 0.15) is 0 Å². The summed E-state index contributed by atoms with van der Waals surface area (Å²) in [6.07, 6.45) is 0. The Bertz CT molecular complexity index is 636.